The van der Waals surface area contributed by atoms with Crippen LogP contribution in [0.1, 0.15) is 19.4 Å². The maximum Gasteiger partial charge on any atom is 0.177 e. The number of fused-ring (bicyclic) bond motifs is 2. The van der Waals surface area contributed by atoms with E-state index in [2.05, 4.69) is 21.6 Å². The number of benzene rings is 2. The molecule has 0 aliphatic rings. The minimum Gasteiger partial charge on any atom is -0.507 e. The monoisotopic (exact) mass is 408 g/mol. The fourth-order valence-corrected chi connectivity index (χ4v) is 3.90. The van der Waals surface area contributed by atoms with Crippen LogP contribution in [0.5, 0.6) is 5.75 Å². The van der Waals surface area contributed by atoms with Gasteiger partial charge in [-0.1, -0.05) is 6.07 Å². The van der Waals surface area contributed by atoms with Crippen LogP contribution in [0.4, 0.5) is 10.2 Å². The van der Waals surface area contributed by atoms with Gasteiger partial charge in [-0.3, -0.25) is 0 Å². The molecule has 2 aromatic carbocycles. The zero-order chi connectivity index (χ0) is 20.8. The number of rotatable bonds is 4. The Bertz CT molecular complexity index is 1290. The standard InChI is InChI=1S/C21H17FN4O2S/c1-21(2,28)10-24-20-14-7-11(9-23)3-4-12(14)18(25-26-20)13-5-6-16-15(19(13)27)8-17(22)29-16/h3-8,27-28H,10H2,1-2H3,(H,24,26). The van der Waals surface area contributed by atoms with E-state index in [1.807, 2.05) is 0 Å². The van der Waals surface area contributed by atoms with E-state index in [0.29, 0.717) is 43.5 Å². The van der Waals surface area contributed by atoms with Crippen LogP contribution in [0.3, 0.4) is 0 Å². The summed E-state index contributed by atoms with van der Waals surface area (Å²) in [6, 6.07) is 11.9. The molecule has 29 heavy (non-hydrogen) atoms. The third-order valence-electron chi connectivity index (χ3n) is 4.49. The number of aliphatic hydroxyl groups is 1. The molecule has 146 valence electrons. The second-order valence-electron chi connectivity index (χ2n) is 7.36. The van der Waals surface area contributed by atoms with Crippen molar-refractivity contribution in [2.45, 2.75) is 19.4 Å². The van der Waals surface area contributed by atoms with Crippen molar-refractivity contribution in [3.8, 4) is 23.1 Å². The molecular formula is C21H17FN4O2S. The van der Waals surface area contributed by atoms with Crippen LogP contribution in [0.25, 0.3) is 32.1 Å². The summed E-state index contributed by atoms with van der Waals surface area (Å²) in [5, 5.41) is 42.9. The lowest BCUT2D eigenvalue weighted by molar-refractivity contribution is 0.0944. The molecule has 0 unspecified atom stereocenters. The van der Waals surface area contributed by atoms with E-state index in [4.69, 9.17) is 0 Å². The average molecular weight is 408 g/mol. The SMILES string of the molecule is CC(C)(O)CNc1nnc(-c2ccc3sc(F)cc3c2O)c2ccc(C#N)cc12. The molecule has 0 atom stereocenters. The van der Waals surface area contributed by atoms with Crippen molar-refractivity contribution < 1.29 is 14.6 Å². The van der Waals surface area contributed by atoms with Crippen molar-refractivity contribution in [2.24, 2.45) is 0 Å². The van der Waals surface area contributed by atoms with Gasteiger partial charge in [0.15, 0.2) is 10.9 Å². The van der Waals surface area contributed by atoms with Gasteiger partial charge in [0.05, 0.1) is 17.2 Å². The molecule has 0 aliphatic carbocycles. The fourth-order valence-electron chi connectivity index (χ4n) is 3.11. The van der Waals surface area contributed by atoms with E-state index in [0.717, 1.165) is 11.3 Å². The summed E-state index contributed by atoms with van der Waals surface area (Å²) < 4.78 is 14.3. The summed E-state index contributed by atoms with van der Waals surface area (Å²) in [4.78, 5) is 0. The molecule has 0 aliphatic heterocycles. The Labute approximate surface area is 169 Å². The predicted molar refractivity (Wildman–Crippen MR) is 111 cm³/mol. The molecule has 0 spiro atoms. The van der Waals surface area contributed by atoms with Crippen molar-refractivity contribution >= 4 is 38.0 Å². The van der Waals surface area contributed by atoms with Crippen LogP contribution in [-0.2, 0) is 0 Å². The first-order valence-corrected chi connectivity index (χ1v) is 9.66. The largest absolute Gasteiger partial charge is 0.507 e. The van der Waals surface area contributed by atoms with Gasteiger partial charge in [-0.05, 0) is 44.2 Å². The number of thiophene rings is 1. The lowest BCUT2D eigenvalue weighted by Gasteiger charge is -2.19. The van der Waals surface area contributed by atoms with Gasteiger partial charge in [-0.2, -0.15) is 9.65 Å². The van der Waals surface area contributed by atoms with Gasteiger partial charge in [-0.25, -0.2) is 0 Å². The number of nitrogens with zero attached hydrogens (tertiary/aromatic N) is 3. The van der Waals surface area contributed by atoms with E-state index in [9.17, 15) is 19.9 Å². The normalized spacial score (nSPS) is 11.7. The minimum atomic E-state index is -0.966. The fraction of sp³-hybridized carbons (Fsp3) is 0.190. The smallest absolute Gasteiger partial charge is 0.177 e. The Balaban J connectivity index is 1.92. The Morgan fingerprint density at radius 2 is 1.93 bits per heavy atom. The highest BCUT2D eigenvalue weighted by Gasteiger charge is 2.19. The summed E-state index contributed by atoms with van der Waals surface area (Å²) in [5.74, 6) is 0.352. The van der Waals surface area contributed by atoms with Crippen molar-refractivity contribution in [3.63, 3.8) is 0 Å². The molecule has 2 heterocycles. The summed E-state index contributed by atoms with van der Waals surface area (Å²) in [7, 11) is 0. The van der Waals surface area contributed by atoms with Crippen molar-refractivity contribution in [3.05, 3.63) is 47.1 Å². The molecule has 0 saturated heterocycles. The van der Waals surface area contributed by atoms with E-state index < -0.39 is 5.60 Å². The van der Waals surface area contributed by atoms with Crippen LogP contribution >= 0.6 is 11.3 Å². The van der Waals surface area contributed by atoms with E-state index in [1.165, 1.54) is 6.07 Å². The van der Waals surface area contributed by atoms with Gasteiger partial charge in [0.1, 0.15) is 11.4 Å². The van der Waals surface area contributed by atoms with Crippen LogP contribution in [-0.4, -0.2) is 32.6 Å². The lowest BCUT2D eigenvalue weighted by atomic mass is 10.0. The van der Waals surface area contributed by atoms with Gasteiger partial charge in [-0.15, -0.1) is 21.5 Å². The van der Waals surface area contributed by atoms with Gasteiger partial charge in [0.2, 0.25) is 0 Å². The van der Waals surface area contributed by atoms with E-state index in [-0.39, 0.29) is 17.4 Å². The number of hydrogen-bond acceptors (Lipinski definition) is 7. The summed E-state index contributed by atoms with van der Waals surface area (Å²) >= 11 is 0.958. The van der Waals surface area contributed by atoms with Gasteiger partial charge in [0, 0.05) is 33.0 Å². The first kappa shape index (κ1) is 19.1. The molecule has 3 N–H and O–H groups in total. The number of phenolic OH excluding ortho intramolecular Hbond substituents is 1. The molecule has 0 amide bonds. The lowest BCUT2D eigenvalue weighted by Crippen LogP contribution is -2.29. The third-order valence-corrected chi connectivity index (χ3v) is 5.38. The second kappa shape index (κ2) is 6.95. The summed E-state index contributed by atoms with van der Waals surface area (Å²) in [6.45, 7) is 3.56. The van der Waals surface area contributed by atoms with Crippen molar-refractivity contribution in [1.82, 2.24) is 10.2 Å². The molecule has 8 heteroatoms. The highest BCUT2D eigenvalue weighted by atomic mass is 32.1. The van der Waals surface area contributed by atoms with Crippen molar-refractivity contribution in [2.75, 3.05) is 11.9 Å². The number of nitrogens with one attached hydrogen (secondary N) is 1. The van der Waals surface area contributed by atoms with E-state index in [1.54, 1.807) is 44.2 Å². The molecule has 4 rings (SSSR count). The Hall–Kier alpha value is -3.28. The second-order valence-corrected chi connectivity index (χ2v) is 8.39. The number of nitriles is 1. The quantitative estimate of drug-likeness (QED) is 0.462. The highest BCUT2D eigenvalue weighted by Crippen LogP contribution is 2.41. The van der Waals surface area contributed by atoms with E-state index >= 15 is 0 Å². The molecule has 0 radical (unpaired) electrons. The molecule has 6 nitrogen and oxygen atoms in total. The van der Waals surface area contributed by atoms with Gasteiger partial charge < -0.3 is 15.5 Å². The maximum absolute atomic E-state index is 13.6. The number of aromatic nitrogens is 2. The van der Waals surface area contributed by atoms with Gasteiger partial charge in [0.25, 0.3) is 0 Å². The molecule has 2 aromatic heterocycles. The number of anilines is 1. The molecule has 0 bridgehead atoms. The number of halogens is 1. The molecular weight excluding hydrogens is 391 g/mol. The highest BCUT2D eigenvalue weighted by molar-refractivity contribution is 7.17. The molecule has 0 fully saturated rings. The van der Waals surface area contributed by atoms with Gasteiger partial charge >= 0.3 is 0 Å². The average Bonchev–Trinajstić information content (AvgIpc) is 3.07. The Morgan fingerprint density at radius 3 is 2.66 bits per heavy atom. The first-order valence-electron chi connectivity index (χ1n) is 8.85. The number of aromatic hydroxyl groups is 1. The predicted octanol–water partition coefficient (Wildman–Crippen LogP) is 4.41. The van der Waals surface area contributed by atoms with Crippen LogP contribution < -0.4 is 5.32 Å². The summed E-state index contributed by atoms with van der Waals surface area (Å²) in [6.07, 6.45) is 0. The zero-order valence-corrected chi connectivity index (χ0v) is 16.5. The maximum atomic E-state index is 13.6. The topological polar surface area (TPSA) is 102 Å². The zero-order valence-electron chi connectivity index (χ0n) is 15.7. The van der Waals surface area contributed by atoms with Crippen molar-refractivity contribution in [1.29, 1.82) is 5.26 Å². The number of phenols is 1. The summed E-state index contributed by atoms with van der Waals surface area (Å²) in [5.41, 5.74) is 0.324. The van der Waals surface area contributed by atoms with Crippen LogP contribution in [0, 0.1) is 16.5 Å². The van der Waals surface area contributed by atoms with Crippen LogP contribution in [0.2, 0.25) is 0 Å². The van der Waals surface area contributed by atoms with Crippen LogP contribution in [0.15, 0.2) is 36.4 Å². The molecule has 0 saturated carbocycles. The first-order chi connectivity index (χ1) is 13.8. The third kappa shape index (κ3) is 3.58. The Morgan fingerprint density at radius 1 is 1.14 bits per heavy atom. The Kier molecular flexibility index (Phi) is 4.57. The number of hydrogen-bond donors (Lipinski definition) is 3. The molecule has 4 aromatic rings. The minimum absolute atomic E-state index is 0.0696.